The second kappa shape index (κ2) is 6.39. The minimum atomic E-state index is 0.333. The molecule has 110 valence electrons. The summed E-state index contributed by atoms with van der Waals surface area (Å²) in [6.45, 7) is 4.14. The lowest BCUT2D eigenvalue weighted by Gasteiger charge is -2.41. The van der Waals surface area contributed by atoms with Gasteiger partial charge in [0.25, 0.3) is 0 Å². The van der Waals surface area contributed by atoms with Gasteiger partial charge in [0.2, 0.25) is 0 Å². The van der Waals surface area contributed by atoms with Gasteiger partial charge in [0, 0.05) is 28.6 Å². The van der Waals surface area contributed by atoms with E-state index in [0.717, 1.165) is 22.6 Å². The Morgan fingerprint density at radius 1 is 1.19 bits per heavy atom. The molecule has 0 spiro atoms. The third-order valence-electron chi connectivity index (χ3n) is 3.91. The predicted octanol–water partition coefficient (Wildman–Crippen LogP) is 4.64. The van der Waals surface area contributed by atoms with Gasteiger partial charge in [0.1, 0.15) is 0 Å². The zero-order valence-electron chi connectivity index (χ0n) is 11.9. The van der Waals surface area contributed by atoms with Crippen molar-refractivity contribution in [1.82, 2.24) is 5.32 Å². The number of piperazine rings is 1. The first-order valence-corrected chi connectivity index (χ1v) is 8.32. The summed E-state index contributed by atoms with van der Waals surface area (Å²) in [5, 5.41) is 4.33. The maximum Gasteiger partial charge on any atom is 0.0668 e. The molecular weight excluding hydrogens is 348 g/mol. The van der Waals surface area contributed by atoms with Crippen LogP contribution in [-0.2, 0) is 0 Å². The Hall–Kier alpha value is -1.03. The van der Waals surface area contributed by atoms with Crippen LogP contribution in [0.5, 0.6) is 0 Å². The van der Waals surface area contributed by atoms with Gasteiger partial charge >= 0.3 is 0 Å². The molecule has 2 nitrogen and oxygen atoms in total. The lowest BCUT2D eigenvalue weighted by molar-refractivity contribution is 0.416. The van der Waals surface area contributed by atoms with Gasteiger partial charge in [-0.2, -0.15) is 0 Å². The van der Waals surface area contributed by atoms with Crippen LogP contribution in [0.15, 0.2) is 53.0 Å². The van der Waals surface area contributed by atoms with Gasteiger partial charge in [-0.1, -0.05) is 41.9 Å². The number of nitrogens with one attached hydrogen (secondary N) is 1. The van der Waals surface area contributed by atoms with E-state index in [1.807, 2.05) is 12.1 Å². The Kier molecular flexibility index (Phi) is 4.53. The largest absolute Gasteiger partial charge is 0.361 e. The number of nitrogens with zero attached hydrogens (tertiary/aromatic N) is 1. The smallest absolute Gasteiger partial charge is 0.0668 e. The molecule has 2 atom stereocenters. The summed E-state index contributed by atoms with van der Waals surface area (Å²) in [7, 11) is 0. The van der Waals surface area contributed by atoms with E-state index >= 15 is 0 Å². The van der Waals surface area contributed by atoms with E-state index in [4.69, 9.17) is 11.6 Å². The summed E-state index contributed by atoms with van der Waals surface area (Å²) in [4.78, 5) is 2.46. The van der Waals surface area contributed by atoms with Crippen LogP contribution in [0.4, 0.5) is 5.69 Å². The van der Waals surface area contributed by atoms with Gasteiger partial charge in [0.05, 0.1) is 11.7 Å². The van der Waals surface area contributed by atoms with Crippen molar-refractivity contribution in [3.8, 4) is 0 Å². The van der Waals surface area contributed by atoms with Crippen LogP contribution in [0.25, 0.3) is 0 Å². The first kappa shape index (κ1) is 14.9. The number of rotatable bonds is 2. The molecule has 2 unspecified atom stereocenters. The van der Waals surface area contributed by atoms with Crippen LogP contribution >= 0.6 is 27.5 Å². The van der Waals surface area contributed by atoms with E-state index in [0.29, 0.717) is 12.1 Å². The zero-order valence-corrected chi connectivity index (χ0v) is 14.2. The highest BCUT2D eigenvalue weighted by Gasteiger charge is 2.28. The van der Waals surface area contributed by atoms with Gasteiger partial charge in [-0.25, -0.2) is 0 Å². The fourth-order valence-corrected chi connectivity index (χ4v) is 3.77. The average Bonchev–Trinajstić information content (AvgIpc) is 2.48. The van der Waals surface area contributed by atoms with Crippen molar-refractivity contribution in [1.29, 1.82) is 0 Å². The SMILES string of the molecule is CC1CN(c2ccc(Cl)cc2Br)C(c2ccccc2)CN1. The summed E-state index contributed by atoms with van der Waals surface area (Å²) in [6.07, 6.45) is 0. The molecule has 4 heteroatoms. The first-order chi connectivity index (χ1) is 10.1. The maximum absolute atomic E-state index is 6.08. The summed E-state index contributed by atoms with van der Waals surface area (Å²) < 4.78 is 1.05. The van der Waals surface area contributed by atoms with Crippen LogP contribution in [0.2, 0.25) is 5.02 Å². The molecule has 0 aromatic heterocycles. The molecule has 21 heavy (non-hydrogen) atoms. The van der Waals surface area contributed by atoms with E-state index in [9.17, 15) is 0 Å². The molecule has 1 heterocycles. The van der Waals surface area contributed by atoms with Gasteiger partial charge in [0.15, 0.2) is 0 Å². The topological polar surface area (TPSA) is 15.3 Å². The Labute approximate surface area is 139 Å². The highest BCUT2D eigenvalue weighted by molar-refractivity contribution is 9.10. The van der Waals surface area contributed by atoms with Crippen molar-refractivity contribution in [2.75, 3.05) is 18.0 Å². The third kappa shape index (κ3) is 3.25. The van der Waals surface area contributed by atoms with E-state index in [-0.39, 0.29) is 0 Å². The summed E-state index contributed by atoms with van der Waals surface area (Å²) in [5.74, 6) is 0. The number of benzene rings is 2. The Bertz CT molecular complexity index is 617. The summed E-state index contributed by atoms with van der Waals surface area (Å²) in [6, 6.07) is 17.5. The van der Waals surface area contributed by atoms with E-state index < -0.39 is 0 Å². The van der Waals surface area contributed by atoms with Crippen molar-refractivity contribution in [2.45, 2.75) is 19.0 Å². The van der Waals surface area contributed by atoms with Gasteiger partial charge in [-0.05, 0) is 46.6 Å². The molecule has 0 amide bonds. The quantitative estimate of drug-likeness (QED) is 0.834. The standard InChI is InChI=1S/C17H18BrClN2/c1-12-11-21(16-8-7-14(19)9-15(16)18)17(10-20-12)13-5-3-2-4-6-13/h2-9,12,17,20H,10-11H2,1H3. The van der Waals surface area contributed by atoms with E-state index in [1.54, 1.807) is 0 Å². The van der Waals surface area contributed by atoms with Crippen LogP contribution in [0.1, 0.15) is 18.5 Å². The molecule has 1 aliphatic heterocycles. The Balaban J connectivity index is 1.98. The Morgan fingerprint density at radius 3 is 2.67 bits per heavy atom. The van der Waals surface area contributed by atoms with Crippen LogP contribution in [-0.4, -0.2) is 19.1 Å². The molecule has 1 fully saturated rings. The van der Waals surface area contributed by atoms with Gasteiger partial charge in [-0.15, -0.1) is 0 Å². The van der Waals surface area contributed by atoms with Crippen LogP contribution in [0, 0.1) is 0 Å². The fraction of sp³-hybridized carbons (Fsp3) is 0.294. The van der Waals surface area contributed by atoms with Crippen molar-refractivity contribution >= 4 is 33.2 Å². The number of halogens is 2. The molecule has 2 aromatic carbocycles. The minimum Gasteiger partial charge on any atom is -0.361 e. The number of anilines is 1. The molecule has 1 saturated heterocycles. The monoisotopic (exact) mass is 364 g/mol. The maximum atomic E-state index is 6.08. The second-order valence-corrected chi connectivity index (χ2v) is 6.77. The molecular formula is C17H18BrClN2. The van der Waals surface area contributed by atoms with Gasteiger partial charge in [-0.3, -0.25) is 0 Å². The number of hydrogen-bond acceptors (Lipinski definition) is 2. The molecule has 0 bridgehead atoms. The van der Waals surface area contributed by atoms with Crippen molar-refractivity contribution in [3.05, 3.63) is 63.6 Å². The van der Waals surface area contributed by atoms with Crippen molar-refractivity contribution in [2.24, 2.45) is 0 Å². The first-order valence-electron chi connectivity index (χ1n) is 7.15. The van der Waals surface area contributed by atoms with Crippen LogP contribution < -0.4 is 10.2 Å². The average molecular weight is 366 g/mol. The summed E-state index contributed by atoms with van der Waals surface area (Å²) >= 11 is 9.73. The summed E-state index contributed by atoms with van der Waals surface area (Å²) in [5.41, 5.74) is 2.53. The van der Waals surface area contributed by atoms with Crippen molar-refractivity contribution < 1.29 is 0 Å². The molecule has 0 radical (unpaired) electrons. The lowest BCUT2D eigenvalue weighted by atomic mass is 10.0. The molecule has 0 aliphatic carbocycles. The molecule has 0 saturated carbocycles. The number of hydrogen-bond donors (Lipinski definition) is 1. The zero-order chi connectivity index (χ0) is 14.8. The second-order valence-electron chi connectivity index (χ2n) is 5.48. The highest BCUT2D eigenvalue weighted by Crippen LogP contribution is 2.35. The van der Waals surface area contributed by atoms with Gasteiger partial charge < -0.3 is 10.2 Å². The highest BCUT2D eigenvalue weighted by atomic mass is 79.9. The van der Waals surface area contributed by atoms with Crippen molar-refractivity contribution in [3.63, 3.8) is 0 Å². The molecule has 2 aromatic rings. The molecule has 3 rings (SSSR count). The third-order valence-corrected chi connectivity index (χ3v) is 4.78. The predicted molar refractivity (Wildman–Crippen MR) is 93.1 cm³/mol. The molecule has 1 N–H and O–H groups in total. The fourth-order valence-electron chi connectivity index (χ4n) is 2.86. The Morgan fingerprint density at radius 2 is 1.95 bits per heavy atom. The normalized spacial score (nSPS) is 22.3. The van der Waals surface area contributed by atoms with E-state index in [1.165, 1.54) is 11.3 Å². The van der Waals surface area contributed by atoms with Crippen LogP contribution in [0.3, 0.4) is 0 Å². The molecule has 1 aliphatic rings. The van der Waals surface area contributed by atoms with E-state index in [2.05, 4.69) is 69.5 Å². The lowest BCUT2D eigenvalue weighted by Crippen LogP contribution is -2.51. The minimum absolute atomic E-state index is 0.333.